The monoisotopic (exact) mass is 263 g/mol. The molecular formula is C14H8F3NO. The van der Waals surface area contributed by atoms with E-state index in [0.29, 0.717) is 0 Å². The van der Waals surface area contributed by atoms with Crippen molar-refractivity contribution in [2.75, 3.05) is 7.11 Å². The lowest BCUT2D eigenvalue weighted by atomic mass is 9.99. The number of nitrogens with zero attached hydrogens (tertiary/aromatic N) is 1. The molecule has 0 atom stereocenters. The van der Waals surface area contributed by atoms with Crippen LogP contribution in [0.2, 0.25) is 0 Å². The van der Waals surface area contributed by atoms with Crippen molar-refractivity contribution in [3.05, 3.63) is 53.3 Å². The topological polar surface area (TPSA) is 33.0 Å². The standard InChI is InChI=1S/C14H8F3NO/c1-19-13-4-2-3-9(14(13)17)10-6-12(16)11(15)5-8(10)7-18/h2-6H,1H3. The Morgan fingerprint density at radius 2 is 1.74 bits per heavy atom. The Morgan fingerprint density at radius 1 is 1.05 bits per heavy atom. The average Bonchev–Trinajstić information content (AvgIpc) is 2.42. The molecule has 2 aromatic rings. The van der Waals surface area contributed by atoms with Gasteiger partial charge < -0.3 is 4.74 Å². The molecule has 2 rings (SSSR count). The Kier molecular flexibility index (Phi) is 3.43. The number of halogens is 3. The number of rotatable bonds is 2. The molecule has 0 saturated carbocycles. The molecule has 0 spiro atoms. The van der Waals surface area contributed by atoms with Gasteiger partial charge in [0.2, 0.25) is 0 Å². The zero-order valence-corrected chi connectivity index (χ0v) is 9.88. The van der Waals surface area contributed by atoms with E-state index in [4.69, 9.17) is 10.00 Å². The molecule has 96 valence electrons. The minimum Gasteiger partial charge on any atom is -0.494 e. The quantitative estimate of drug-likeness (QED) is 0.828. The molecule has 5 heteroatoms. The molecule has 0 saturated heterocycles. The summed E-state index contributed by atoms with van der Waals surface area (Å²) in [6, 6.07) is 7.51. The summed E-state index contributed by atoms with van der Waals surface area (Å²) in [5, 5.41) is 8.92. The largest absolute Gasteiger partial charge is 0.494 e. The molecule has 0 amide bonds. The number of methoxy groups -OCH3 is 1. The van der Waals surface area contributed by atoms with Crippen molar-refractivity contribution in [3.8, 4) is 22.9 Å². The van der Waals surface area contributed by atoms with Gasteiger partial charge in [0.05, 0.1) is 18.7 Å². The molecule has 0 N–H and O–H groups in total. The van der Waals surface area contributed by atoms with Crippen LogP contribution in [-0.2, 0) is 0 Å². The van der Waals surface area contributed by atoms with Crippen molar-refractivity contribution >= 4 is 0 Å². The van der Waals surface area contributed by atoms with Crippen LogP contribution in [0.3, 0.4) is 0 Å². The molecule has 0 fully saturated rings. The van der Waals surface area contributed by atoms with Crippen molar-refractivity contribution in [3.63, 3.8) is 0 Å². The van der Waals surface area contributed by atoms with E-state index in [2.05, 4.69) is 0 Å². The highest BCUT2D eigenvalue weighted by atomic mass is 19.2. The summed E-state index contributed by atoms with van der Waals surface area (Å²) in [6.45, 7) is 0. The number of hydrogen-bond acceptors (Lipinski definition) is 2. The molecular weight excluding hydrogens is 255 g/mol. The van der Waals surface area contributed by atoms with Gasteiger partial charge in [0.25, 0.3) is 0 Å². The molecule has 0 aliphatic rings. The Morgan fingerprint density at radius 3 is 2.37 bits per heavy atom. The summed E-state index contributed by atoms with van der Waals surface area (Å²) in [4.78, 5) is 0. The molecule has 0 aliphatic carbocycles. The van der Waals surface area contributed by atoms with Crippen LogP contribution in [0.25, 0.3) is 11.1 Å². The zero-order valence-electron chi connectivity index (χ0n) is 9.88. The van der Waals surface area contributed by atoms with Crippen molar-refractivity contribution in [1.29, 1.82) is 5.26 Å². The van der Waals surface area contributed by atoms with Gasteiger partial charge in [-0.15, -0.1) is 0 Å². The first-order chi connectivity index (χ1) is 9.08. The highest BCUT2D eigenvalue weighted by molar-refractivity contribution is 5.72. The van der Waals surface area contributed by atoms with Crippen LogP contribution in [0.15, 0.2) is 30.3 Å². The molecule has 0 radical (unpaired) electrons. The number of nitriles is 1. The molecule has 0 heterocycles. The van der Waals surface area contributed by atoms with E-state index in [1.165, 1.54) is 25.3 Å². The Labute approximate surface area is 107 Å². The third-order valence-electron chi connectivity index (χ3n) is 2.65. The van der Waals surface area contributed by atoms with Crippen molar-refractivity contribution in [2.45, 2.75) is 0 Å². The molecule has 19 heavy (non-hydrogen) atoms. The van der Waals surface area contributed by atoms with E-state index in [9.17, 15) is 13.2 Å². The fourth-order valence-electron chi connectivity index (χ4n) is 1.74. The molecule has 0 aliphatic heterocycles. The van der Waals surface area contributed by atoms with Crippen molar-refractivity contribution in [2.24, 2.45) is 0 Å². The number of hydrogen-bond donors (Lipinski definition) is 0. The normalized spacial score (nSPS) is 10.1. The Balaban J connectivity index is 2.72. The number of ether oxygens (including phenoxy) is 1. The van der Waals surface area contributed by atoms with E-state index in [0.717, 1.165) is 12.1 Å². The third kappa shape index (κ3) is 2.25. The smallest absolute Gasteiger partial charge is 0.172 e. The van der Waals surface area contributed by atoms with E-state index in [1.807, 2.05) is 0 Å². The maximum atomic E-state index is 14.1. The fraction of sp³-hybridized carbons (Fsp3) is 0.0714. The minimum absolute atomic E-state index is 0.0159. The second kappa shape index (κ2) is 5.02. The van der Waals surface area contributed by atoms with E-state index < -0.39 is 17.5 Å². The van der Waals surface area contributed by atoms with Crippen LogP contribution < -0.4 is 4.74 Å². The molecule has 0 bridgehead atoms. The molecule has 2 nitrogen and oxygen atoms in total. The highest BCUT2D eigenvalue weighted by Gasteiger charge is 2.16. The van der Waals surface area contributed by atoms with Gasteiger partial charge in [-0.2, -0.15) is 5.26 Å². The van der Waals surface area contributed by atoms with Gasteiger partial charge in [-0.1, -0.05) is 12.1 Å². The lowest BCUT2D eigenvalue weighted by Crippen LogP contribution is -1.95. The second-order valence-corrected chi connectivity index (χ2v) is 3.75. The predicted molar refractivity (Wildman–Crippen MR) is 63.0 cm³/mol. The summed E-state index contributed by atoms with van der Waals surface area (Å²) in [5.41, 5.74) is -0.182. The minimum atomic E-state index is -1.15. The lowest BCUT2D eigenvalue weighted by Gasteiger charge is -2.09. The average molecular weight is 263 g/mol. The summed E-state index contributed by atoms with van der Waals surface area (Å²) < 4.78 is 45.2. The maximum absolute atomic E-state index is 14.1. The first-order valence-corrected chi connectivity index (χ1v) is 5.30. The lowest BCUT2D eigenvalue weighted by molar-refractivity contribution is 0.387. The SMILES string of the molecule is COc1cccc(-c2cc(F)c(F)cc2C#N)c1F. The van der Waals surface area contributed by atoms with Crippen LogP contribution in [0.4, 0.5) is 13.2 Å². The summed E-state index contributed by atoms with van der Waals surface area (Å²) in [5.74, 6) is -3.06. The maximum Gasteiger partial charge on any atom is 0.172 e. The van der Waals surface area contributed by atoms with Gasteiger partial charge in [-0.25, -0.2) is 13.2 Å². The molecule has 0 unspecified atom stereocenters. The first kappa shape index (κ1) is 13.0. The molecule has 2 aromatic carbocycles. The van der Waals surface area contributed by atoms with Gasteiger partial charge in [0, 0.05) is 11.1 Å². The van der Waals surface area contributed by atoms with Crippen LogP contribution in [-0.4, -0.2) is 7.11 Å². The van der Waals surface area contributed by atoms with Crippen LogP contribution in [0.1, 0.15) is 5.56 Å². The second-order valence-electron chi connectivity index (χ2n) is 3.75. The summed E-state index contributed by atoms with van der Waals surface area (Å²) in [7, 11) is 1.29. The van der Waals surface area contributed by atoms with Crippen LogP contribution in [0.5, 0.6) is 5.75 Å². The summed E-state index contributed by atoms with van der Waals surface area (Å²) >= 11 is 0. The van der Waals surface area contributed by atoms with E-state index in [1.54, 1.807) is 6.07 Å². The van der Waals surface area contributed by atoms with Gasteiger partial charge in [0.15, 0.2) is 23.2 Å². The first-order valence-electron chi connectivity index (χ1n) is 5.30. The highest BCUT2D eigenvalue weighted by Crippen LogP contribution is 2.32. The van der Waals surface area contributed by atoms with E-state index in [-0.39, 0.29) is 22.4 Å². The van der Waals surface area contributed by atoms with Gasteiger partial charge in [-0.3, -0.25) is 0 Å². The van der Waals surface area contributed by atoms with E-state index >= 15 is 0 Å². The Hall–Kier alpha value is -2.48. The predicted octanol–water partition coefficient (Wildman–Crippen LogP) is 3.65. The van der Waals surface area contributed by atoms with Gasteiger partial charge >= 0.3 is 0 Å². The third-order valence-corrected chi connectivity index (χ3v) is 2.65. The van der Waals surface area contributed by atoms with Crippen molar-refractivity contribution in [1.82, 2.24) is 0 Å². The summed E-state index contributed by atoms with van der Waals surface area (Å²) in [6.07, 6.45) is 0. The number of benzene rings is 2. The van der Waals surface area contributed by atoms with Crippen molar-refractivity contribution < 1.29 is 17.9 Å². The Bertz CT molecular complexity index is 677. The van der Waals surface area contributed by atoms with Gasteiger partial charge in [0.1, 0.15) is 0 Å². The fourth-order valence-corrected chi connectivity index (χ4v) is 1.74. The van der Waals surface area contributed by atoms with Crippen LogP contribution >= 0.6 is 0 Å². The van der Waals surface area contributed by atoms with Crippen LogP contribution in [0, 0.1) is 28.8 Å². The molecule has 0 aromatic heterocycles. The zero-order chi connectivity index (χ0) is 14.0. The van der Waals surface area contributed by atoms with Gasteiger partial charge in [-0.05, 0) is 18.2 Å².